The van der Waals surface area contributed by atoms with Crippen LogP contribution in [-0.2, 0) is 22.4 Å². The Labute approximate surface area is 160 Å². The summed E-state index contributed by atoms with van der Waals surface area (Å²) < 4.78 is 12.8. The van der Waals surface area contributed by atoms with Crippen molar-refractivity contribution in [2.75, 3.05) is 52.5 Å². The van der Waals surface area contributed by atoms with Gasteiger partial charge in [0, 0.05) is 58.5 Å². The molecule has 0 radical (unpaired) electrons. The van der Waals surface area contributed by atoms with E-state index >= 15 is 0 Å². The van der Waals surface area contributed by atoms with Crippen molar-refractivity contribution in [3.05, 3.63) is 24.2 Å². The maximum absolute atomic E-state index is 11.8. The third-order valence-electron chi connectivity index (χ3n) is 4.80. The van der Waals surface area contributed by atoms with Gasteiger partial charge in [0.2, 0.25) is 0 Å². The Balaban J connectivity index is 1.58. The highest BCUT2D eigenvalue weighted by atomic mass is 16.6. The van der Waals surface area contributed by atoms with Gasteiger partial charge in [-0.15, -0.1) is 0 Å². The van der Waals surface area contributed by atoms with Gasteiger partial charge in [0.15, 0.2) is 5.65 Å². The van der Waals surface area contributed by atoms with Crippen LogP contribution in [0.1, 0.15) is 19.7 Å². The smallest absolute Gasteiger partial charge is 0.409 e. The van der Waals surface area contributed by atoms with E-state index in [4.69, 9.17) is 14.5 Å². The van der Waals surface area contributed by atoms with Gasteiger partial charge in [-0.3, -0.25) is 4.90 Å². The standard InChI is InChI=1S/C19H29N5O3/c1-3-26-15-14-24-17(21-16-6-5-8-20-18(16)24)7-9-22-10-12-23(13-11-22)19(25)27-4-2/h5-6,8H,3-4,7,9-15H2,1-2H3. The summed E-state index contributed by atoms with van der Waals surface area (Å²) >= 11 is 0. The fourth-order valence-electron chi connectivity index (χ4n) is 3.36. The summed E-state index contributed by atoms with van der Waals surface area (Å²) in [6, 6.07) is 3.92. The van der Waals surface area contributed by atoms with Gasteiger partial charge in [0.1, 0.15) is 11.3 Å². The van der Waals surface area contributed by atoms with Crippen molar-refractivity contribution >= 4 is 17.3 Å². The molecule has 27 heavy (non-hydrogen) atoms. The molecule has 0 atom stereocenters. The van der Waals surface area contributed by atoms with Gasteiger partial charge in [0.25, 0.3) is 0 Å². The minimum atomic E-state index is -0.207. The molecule has 1 saturated heterocycles. The summed E-state index contributed by atoms with van der Waals surface area (Å²) in [5, 5.41) is 0. The Kier molecular flexibility index (Phi) is 7.00. The third-order valence-corrected chi connectivity index (χ3v) is 4.80. The van der Waals surface area contributed by atoms with E-state index in [0.29, 0.717) is 32.9 Å². The van der Waals surface area contributed by atoms with Crippen LogP contribution in [0, 0.1) is 0 Å². The van der Waals surface area contributed by atoms with Gasteiger partial charge in [-0.25, -0.2) is 14.8 Å². The van der Waals surface area contributed by atoms with Crippen LogP contribution in [-0.4, -0.2) is 83.0 Å². The minimum Gasteiger partial charge on any atom is -0.450 e. The van der Waals surface area contributed by atoms with Gasteiger partial charge in [0.05, 0.1) is 13.2 Å². The number of ether oxygens (including phenoxy) is 2. The van der Waals surface area contributed by atoms with E-state index in [1.165, 1.54) is 0 Å². The second-order valence-electron chi connectivity index (χ2n) is 6.50. The van der Waals surface area contributed by atoms with Crippen LogP contribution < -0.4 is 0 Å². The van der Waals surface area contributed by atoms with Gasteiger partial charge in [-0.1, -0.05) is 0 Å². The van der Waals surface area contributed by atoms with Crippen LogP contribution in [0.3, 0.4) is 0 Å². The lowest BCUT2D eigenvalue weighted by atomic mass is 10.3. The molecule has 0 aliphatic carbocycles. The van der Waals surface area contributed by atoms with E-state index in [9.17, 15) is 4.79 Å². The zero-order valence-electron chi connectivity index (χ0n) is 16.3. The van der Waals surface area contributed by atoms with Crippen LogP contribution >= 0.6 is 0 Å². The van der Waals surface area contributed by atoms with E-state index in [-0.39, 0.29) is 6.09 Å². The van der Waals surface area contributed by atoms with Crippen LogP contribution in [0.2, 0.25) is 0 Å². The van der Waals surface area contributed by atoms with Gasteiger partial charge in [-0.05, 0) is 26.0 Å². The number of carbonyl (C=O) groups is 1. The van der Waals surface area contributed by atoms with E-state index in [1.54, 1.807) is 11.1 Å². The molecule has 2 aromatic heterocycles. The SMILES string of the molecule is CCOCCn1c(CCN2CCN(C(=O)OCC)CC2)nc2cccnc21. The lowest BCUT2D eigenvalue weighted by Gasteiger charge is -2.33. The molecular weight excluding hydrogens is 346 g/mol. The van der Waals surface area contributed by atoms with E-state index in [1.807, 2.05) is 26.0 Å². The van der Waals surface area contributed by atoms with E-state index in [0.717, 1.165) is 49.6 Å². The highest BCUT2D eigenvalue weighted by molar-refractivity contribution is 5.71. The van der Waals surface area contributed by atoms with Gasteiger partial charge < -0.3 is 18.9 Å². The molecule has 1 amide bonds. The average Bonchev–Trinajstić information content (AvgIpc) is 3.05. The van der Waals surface area contributed by atoms with Crippen molar-refractivity contribution in [3.8, 4) is 0 Å². The molecule has 0 saturated carbocycles. The lowest BCUT2D eigenvalue weighted by molar-refractivity contribution is 0.0797. The topological polar surface area (TPSA) is 72.7 Å². The van der Waals surface area contributed by atoms with Crippen molar-refractivity contribution in [2.24, 2.45) is 0 Å². The molecule has 0 spiro atoms. The van der Waals surface area contributed by atoms with Crippen molar-refractivity contribution in [3.63, 3.8) is 0 Å². The monoisotopic (exact) mass is 375 g/mol. The Hall–Kier alpha value is -2.19. The van der Waals surface area contributed by atoms with Crippen LogP contribution in [0.15, 0.2) is 18.3 Å². The maximum atomic E-state index is 11.8. The molecule has 3 heterocycles. The van der Waals surface area contributed by atoms with Gasteiger partial charge in [-0.2, -0.15) is 0 Å². The summed E-state index contributed by atoms with van der Waals surface area (Å²) in [5.41, 5.74) is 1.84. The number of fused-ring (bicyclic) bond motifs is 1. The van der Waals surface area contributed by atoms with Crippen LogP contribution in [0.4, 0.5) is 4.79 Å². The number of imidazole rings is 1. The second kappa shape index (κ2) is 9.66. The molecule has 8 heteroatoms. The number of hydrogen-bond donors (Lipinski definition) is 0. The van der Waals surface area contributed by atoms with E-state index < -0.39 is 0 Å². The molecule has 0 bridgehead atoms. The zero-order valence-corrected chi connectivity index (χ0v) is 16.3. The lowest BCUT2D eigenvalue weighted by Crippen LogP contribution is -2.49. The van der Waals surface area contributed by atoms with Crippen LogP contribution in [0.25, 0.3) is 11.2 Å². The summed E-state index contributed by atoms with van der Waals surface area (Å²) in [6.07, 6.45) is 2.45. The molecule has 2 aromatic rings. The third kappa shape index (κ3) is 4.95. The Morgan fingerprint density at radius 1 is 1.15 bits per heavy atom. The molecule has 1 aliphatic rings. The second-order valence-corrected chi connectivity index (χ2v) is 6.50. The number of aromatic nitrogens is 3. The number of carbonyl (C=O) groups excluding carboxylic acids is 1. The number of rotatable bonds is 8. The molecule has 0 unspecified atom stereocenters. The number of pyridine rings is 1. The number of hydrogen-bond acceptors (Lipinski definition) is 6. The number of nitrogens with zero attached hydrogens (tertiary/aromatic N) is 5. The van der Waals surface area contributed by atoms with Crippen molar-refractivity contribution in [1.82, 2.24) is 24.3 Å². The summed E-state index contributed by atoms with van der Waals surface area (Å²) in [7, 11) is 0. The Morgan fingerprint density at radius 2 is 1.96 bits per heavy atom. The van der Waals surface area contributed by atoms with Crippen LogP contribution in [0.5, 0.6) is 0 Å². The zero-order chi connectivity index (χ0) is 19.1. The molecule has 3 rings (SSSR count). The average molecular weight is 375 g/mol. The minimum absolute atomic E-state index is 0.207. The molecule has 1 fully saturated rings. The largest absolute Gasteiger partial charge is 0.450 e. The molecule has 8 nitrogen and oxygen atoms in total. The fraction of sp³-hybridized carbons (Fsp3) is 0.632. The van der Waals surface area contributed by atoms with Crippen molar-refractivity contribution < 1.29 is 14.3 Å². The van der Waals surface area contributed by atoms with E-state index in [2.05, 4.69) is 14.5 Å². The quantitative estimate of drug-likeness (QED) is 0.655. The Morgan fingerprint density at radius 3 is 2.70 bits per heavy atom. The Bertz CT molecular complexity index is 740. The van der Waals surface area contributed by atoms with Gasteiger partial charge >= 0.3 is 6.09 Å². The first kappa shape index (κ1) is 19.6. The molecule has 0 aromatic carbocycles. The predicted octanol–water partition coefficient (Wildman–Crippen LogP) is 1.78. The van der Waals surface area contributed by atoms with Crippen molar-refractivity contribution in [1.29, 1.82) is 0 Å². The first-order chi connectivity index (χ1) is 13.2. The first-order valence-electron chi connectivity index (χ1n) is 9.74. The molecule has 148 valence electrons. The molecule has 1 aliphatic heterocycles. The fourth-order valence-corrected chi connectivity index (χ4v) is 3.36. The highest BCUT2D eigenvalue weighted by Gasteiger charge is 2.22. The summed E-state index contributed by atoms with van der Waals surface area (Å²) in [5.74, 6) is 1.04. The summed E-state index contributed by atoms with van der Waals surface area (Å²) in [6.45, 7) is 10.4. The highest BCUT2D eigenvalue weighted by Crippen LogP contribution is 2.15. The first-order valence-corrected chi connectivity index (χ1v) is 9.74. The number of amides is 1. The molecular formula is C19H29N5O3. The normalized spacial score (nSPS) is 15.4. The number of piperazine rings is 1. The maximum Gasteiger partial charge on any atom is 0.409 e. The predicted molar refractivity (Wildman–Crippen MR) is 103 cm³/mol. The van der Waals surface area contributed by atoms with Crippen molar-refractivity contribution in [2.45, 2.75) is 26.8 Å². The molecule has 0 N–H and O–H groups in total. The summed E-state index contributed by atoms with van der Waals surface area (Å²) in [4.78, 5) is 25.2.